The molecule has 0 fully saturated rings. The Morgan fingerprint density at radius 1 is 0.962 bits per heavy atom. The Balaban J connectivity index is 2.03. The van der Waals surface area contributed by atoms with Crippen molar-refractivity contribution in [3.63, 3.8) is 0 Å². The van der Waals surface area contributed by atoms with E-state index in [4.69, 9.17) is 4.74 Å². The first-order chi connectivity index (χ1) is 12.3. The predicted octanol–water partition coefficient (Wildman–Crippen LogP) is 4.11. The van der Waals surface area contributed by atoms with Gasteiger partial charge in [0.15, 0.2) is 0 Å². The number of nitrogens with one attached hydrogen (secondary N) is 1. The van der Waals surface area contributed by atoms with Gasteiger partial charge in [0.25, 0.3) is 5.91 Å². The van der Waals surface area contributed by atoms with Crippen molar-refractivity contribution >= 4 is 11.9 Å². The van der Waals surface area contributed by atoms with Crippen LogP contribution in [0, 0.1) is 26.7 Å². The van der Waals surface area contributed by atoms with E-state index < -0.39 is 12.0 Å². The third-order valence-corrected chi connectivity index (χ3v) is 4.15. The SMILES string of the molecule is Cc1cc(C)cc(COC(=O)[C@@H](NC(=O)c2cccc(C)c2)C(C)C)c1. The fourth-order valence-electron chi connectivity index (χ4n) is 2.91. The van der Waals surface area contributed by atoms with Gasteiger partial charge in [-0.1, -0.05) is 60.9 Å². The number of carbonyl (C=O) groups excluding carboxylic acids is 2. The lowest BCUT2D eigenvalue weighted by Crippen LogP contribution is -2.45. The van der Waals surface area contributed by atoms with Crippen LogP contribution in [-0.2, 0) is 16.1 Å². The Kier molecular flexibility index (Phi) is 6.56. The molecule has 2 aromatic carbocycles. The molecule has 2 rings (SSSR count). The number of ether oxygens (including phenoxy) is 1. The van der Waals surface area contributed by atoms with Gasteiger partial charge in [0.05, 0.1) is 0 Å². The smallest absolute Gasteiger partial charge is 0.329 e. The highest BCUT2D eigenvalue weighted by molar-refractivity contribution is 5.97. The van der Waals surface area contributed by atoms with Crippen LogP contribution in [0.15, 0.2) is 42.5 Å². The molecule has 1 atom stereocenters. The predicted molar refractivity (Wildman–Crippen MR) is 103 cm³/mol. The molecule has 0 spiro atoms. The van der Waals surface area contributed by atoms with Crippen LogP contribution in [0.2, 0.25) is 0 Å². The molecule has 1 N–H and O–H groups in total. The zero-order valence-electron chi connectivity index (χ0n) is 16.1. The first-order valence-electron chi connectivity index (χ1n) is 8.87. The van der Waals surface area contributed by atoms with Gasteiger partial charge in [0.1, 0.15) is 12.6 Å². The third-order valence-electron chi connectivity index (χ3n) is 4.15. The van der Waals surface area contributed by atoms with E-state index in [2.05, 4.69) is 11.4 Å². The maximum absolute atomic E-state index is 12.5. The minimum absolute atomic E-state index is 0.0736. The van der Waals surface area contributed by atoms with Crippen LogP contribution in [0.1, 0.15) is 46.5 Å². The highest BCUT2D eigenvalue weighted by atomic mass is 16.5. The molecule has 0 aliphatic carbocycles. The Morgan fingerprint density at radius 2 is 1.62 bits per heavy atom. The zero-order chi connectivity index (χ0) is 19.3. The van der Waals surface area contributed by atoms with Crippen molar-refractivity contribution in [1.82, 2.24) is 5.32 Å². The zero-order valence-corrected chi connectivity index (χ0v) is 16.1. The molecule has 0 heterocycles. The van der Waals surface area contributed by atoms with Gasteiger partial charge in [-0.25, -0.2) is 4.79 Å². The van der Waals surface area contributed by atoms with E-state index in [9.17, 15) is 9.59 Å². The Bertz CT molecular complexity index is 775. The first kappa shape index (κ1) is 19.7. The molecule has 1 amide bonds. The highest BCUT2D eigenvalue weighted by Gasteiger charge is 2.26. The molecule has 2 aromatic rings. The second kappa shape index (κ2) is 8.65. The average molecular weight is 353 g/mol. The van der Waals surface area contributed by atoms with Crippen LogP contribution in [0.5, 0.6) is 0 Å². The molecule has 0 saturated carbocycles. The Labute approximate surface area is 155 Å². The number of benzene rings is 2. The molecule has 0 aliphatic rings. The Hall–Kier alpha value is -2.62. The molecule has 4 heteroatoms. The van der Waals surface area contributed by atoms with Gasteiger partial charge in [-0.3, -0.25) is 4.79 Å². The summed E-state index contributed by atoms with van der Waals surface area (Å²) in [6.07, 6.45) is 0. The van der Waals surface area contributed by atoms with Crippen LogP contribution in [0.3, 0.4) is 0 Å². The molecule has 138 valence electrons. The molecule has 0 bridgehead atoms. The van der Waals surface area contributed by atoms with Crippen molar-refractivity contribution in [2.75, 3.05) is 0 Å². The number of amides is 1. The third kappa shape index (κ3) is 5.45. The highest BCUT2D eigenvalue weighted by Crippen LogP contribution is 2.12. The summed E-state index contributed by atoms with van der Waals surface area (Å²) >= 11 is 0. The van der Waals surface area contributed by atoms with Crippen molar-refractivity contribution < 1.29 is 14.3 Å². The summed E-state index contributed by atoms with van der Waals surface area (Å²) in [5.41, 5.74) is 4.74. The minimum Gasteiger partial charge on any atom is -0.459 e. The number of esters is 1. The van der Waals surface area contributed by atoms with E-state index >= 15 is 0 Å². The lowest BCUT2D eigenvalue weighted by atomic mass is 10.0. The van der Waals surface area contributed by atoms with Crippen molar-refractivity contribution in [1.29, 1.82) is 0 Å². The summed E-state index contributed by atoms with van der Waals surface area (Å²) in [6.45, 7) is 9.92. The topological polar surface area (TPSA) is 55.4 Å². The fourth-order valence-corrected chi connectivity index (χ4v) is 2.91. The molecule has 4 nitrogen and oxygen atoms in total. The molecule has 0 unspecified atom stereocenters. The summed E-state index contributed by atoms with van der Waals surface area (Å²) in [6, 6.07) is 12.7. The molecule has 0 saturated heterocycles. The van der Waals surface area contributed by atoms with E-state index in [0.29, 0.717) is 5.56 Å². The molecule has 0 aromatic heterocycles. The molecular weight excluding hydrogens is 326 g/mol. The number of hydrogen-bond donors (Lipinski definition) is 1. The number of carbonyl (C=O) groups is 2. The van der Waals surface area contributed by atoms with Crippen molar-refractivity contribution in [2.45, 2.75) is 47.3 Å². The normalized spacial score (nSPS) is 11.9. The Morgan fingerprint density at radius 3 is 2.19 bits per heavy atom. The average Bonchev–Trinajstić information content (AvgIpc) is 2.56. The molecular formula is C22H27NO3. The summed E-state index contributed by atoms with van der Waals surface area (Å²) in [5, 5.41) is 2.81. The van der Waals surface area contributed by atoms with E-state index in [-0.39, 0.29) is 18.4 Å². The van der Waals surface area contributed by atoms with Gasteiger partial charge in [-0.15, -0.1) is 0 Å². The van der Waals surface area contributed by atoms with Crippen LogP contribution in [0.4, 0.5) is 0 Å². The standard InChI is InChI=1S/C22H27NO3/c1-14(2)20(23-21(24)19-8-6-7-15(3)12-19)22(25)26-13-18-10-16(4)9-17(5)11-18/h6-12,14,20H,13H2,1-5H3,(H,23,24)/t20-/m0/s1. The summed E-state index contributed by atoms with van der Waals surface area (Å²) in [4.78, 5) is 25.0. The van der Waals surface area contributed by atoms with Gasteiger partial charge in [-0.2, -0.15) is 0 Å². The van der Waals surface area contributed by atoms with Gasteiger partial charge < -0.3 is 10.1 Å². The molecule has 0 aliphatic heterocycles. The number of aryl methyl sites for hydroxylation is 3. The second-order valence-electron chi connectivity index (χ2n) is 7.17. The quantitative estimate of drug-likeness (QED) is 0.795. The second-order valence-corrected chi connectivity index (χ2v) is 7.17. The van der Waals surface area contributed by atoms with E-state index in [0.717, 1.165) is 22.3 Å². The molecule has 26 heavy (non-hydrogen) atoms. The fraction of sp³-hybridized carbons (Fsp3) is 0.364. The van der Waals surface area contributed by atoms with E-state index in [1.807, 2.05) is 58.9 Å². The largest absolute Gasteiger partial charge is 0.459 e. The molecule has 0 radical (unpaired) electrons. The summed E-state index contributed by atoms with van der Waals surface area (Å²) in [5.74, 6) is -0.758. The van der Waals surface area contributed by atoms with Gasteiger partial charge in [0, 0.05) is 5.56 Å². The maximum Gasteiger partial charge on any atom is 0.329 e. The van der Waals surface area contributed by atoms with Gasteiger partial charge in [-0.05, 0) is 44.4 Å². The maximum atomic E-state index is 12.5. The summed E-state index contributed by atoms with van der Waals surface area (Å²) in [7, 11) is 0. The van der Waals surface area contributed by atoms with Crippen LogP contribution in [0.25, 0.3) is 0 Å². The number of rotatable bonds is 6. The summed E-state index contributed by atoms with van der Waals surface area (Å²) < 4.78 is 5.47. The minimum atomic E-state index is -0.686. The lowest BCUT2D eigenvalue weighted by Gasteiger charge is -2.21. The van der Waals surface area contributed by atoms with E-state index in [1.54, 1.807) is 12.1 Å². The van der Waals surface area contributed by atoms with E-state index in [1.165, 1.54) is 0 Å². The lowest BCUT2D eigenvalue weighted by molar-refractivity contribution is -0.148. The van der Waals surface area contributed by atoms with Crippen molar-refractivity contribution in [3.8, 4) is 0 Å². The van der Waals surface area contributed by atoms with Crippen molar-refractivity contribution in [3.05, 3.63) is 70.3 Å². The van der Waals surface area contributed by atoms with Crippen LogP contribution in [-0.4, -0.2) is 17.9 Å². The number of hydrogen-bond acceptors (Lipinski definition) is 3. The van der Waals surface area contributed by atoms with Gasteiger partial charge >= 0.3 is 5.97 Å². The monoisotopic (exact) mass is 353 g/mol. The van der Waals surface area contributed by atoms with Crippen LogP contribution < -0.4 is 5.32 Å². The first-order valence-corrected chi connectivity index (χ1v) is 8.87. The van der Waals surface area contributed by atoms with Crippen LogP contribution >= 0.6 is 0 Å². The van der Waals surface area contributed by atoms with Crippen molar-refractivity contribution in [2.24, 2.45) is 5.92 Å². The van der Waals surface area contributed by atoms with Gasteiger partial charge in [0.2, 0.25) is 0 Å².